The van der Waals surface area contributed by atoms with Crippen molar-refractivity contribution in [2.75, 3.05) is 21.1 Å². The number of hydrogen-bond acceptors (Lipinski definition) is 4. The molecule has 0 unspecified atom stereocenters. The van der Waals surface area contributed by atoms with E-state index in [0.717, 1.165) is 28.2 Å². The normalized spacial score (nSPS) is 12.0. The molecule has 0 bridgehead atoms. The SMILES string of the molecule is CN=C(NCc1cccc(CS(=O)(=O)NC)c1)N(C)Cc1ncc(-c2ccccc2)[nH]1. The highest BCUT2D eigenvalue weighted by atomic mass is 32.2. The minimum absolute atomic E-state index is 0.0474. The van der Waals surface area contributed by atoms with Crippen LogP contribution in [0.5, 0.6) is 0 Å². The molecule has 0 amide bonds. The topological polar surface area (TPSA) is 102 Å². The Hall–Kier alpha value is -3.17. The van der Waals surface area contributed by atoms with Crippen LogP contribution in [-0.2, 0) is 28.9 Å². The van der Waals surface area contributed by atoms with Gasteiger partial charge in [-0.2, -0.15) is 0 Å². The average molecular weight is 441 g/mol. The maximum atomic E-state index is 11.8. The van der Waals surface area contributed by atoms with Gasteiger partial charge in [-0.1, -0.05) is 54.6 Å². The summed E-state index contributed by atoms with van der Waals surface area (Å²) in [6, 6.07) is 17.6. The molecule has 9 heteroatoms. The molecule has 3 aromatic rings. The van der Waals surface area contributed by atoms with Crippen LogP contribution in [0, 0.1) is 0 Å². The molecule has 0 fully saturated rings. The Morgan fingerprint density at radius 3 is 2.58 bits per heavy atom. The zero-order valence-corrected chi connectivity index (χ0v) is 18.8. The number of nitrogens with zero attached hydrogens (tertiary/aromatic N) is 3. The molecular formula is C22H28N6O2S. The summed E-state index contributed by atoms with van der Waals surface area (Å²) in [5.74, 6) is 1.50. The van der Waals surface area contributed by atoms with E-state index < -0.39 is 10.0 Å². The standard InChI is InChI=1S/C22H28N6O2S/c1-23-22(26-13-17-8-7-9-18(12-17)16-31(29,30)24-2)28(3)15-21-25-14-20(27-21)19-10-5-4-6-11-19/h4-12,14,24H,13,15-16H2,1-3H3,(H,23,26)(H,25,27). The molecule has 0 atom stereocenters. The van der Waals surface area contributed by atoms with Crippen LogP contribution in [0.15, 0.2) is 65.8 Å². The highest BCUT2D eigenvalue weighted by Gasteiger charge is 2.11. The first-order chi connectivity index (χ1) is 14.9. The third-order valence-electron chi connectivity index (χ3n) is 4.78. The Morgan fingerprint density at radius 2 is 1.87 bits per heavy atom. The van der Waals surface area contributed by atoms with Gasteiger partial charge in [-0.25, -0.2) is 18.1 Å². The van der Waals surface area contributed by atoms with E-state index in [1.165, 1.54) is 7.05 Å². The molecular weight excluding hydrogens is 412 g/mol. The third kappa shape index (κ3) is 6.40. The predicted molar refractivity (Wildman–Crippen MR) is 124 cm³/mol. The van der Waals surface area contributed by atoms with Gasteiger partial charge in [0, 0.05) is 20.6 Å². The maximum absolute atomic E-state index is 11.8. The minimum atomic E-state index is -3.30. The lowest BCUT2D eigenvalue weighted by Crippen LogP contribution is -2.38. The molecule has 31 heavy (non-hydrogen) atoms. The number of benzene rings is 2. The number of sulfonamides is 1. The third-order valence-corrected chi connectivity index (χ3v) is 6.12. The lowest BCUT2D eigenvalue weighted by atomic mass is 10.1. The molecule has 8 nitrogen and oxygen atoms in total. The maximum Gasteiger partial charge on any atom is 0.215 e. The van der Waals surface area contributed by atoms with Gasteiger partial charge in [-0.3, -0.25) is 4.99 Å². The van der Waals surface area contributed by atoms with E-state index in [9.17, 15) is 8.42 Å². The van der Waals surface area contributed by atoms with E-state index in [4.69, 9.17) is 0 Å². The van der Waals surface area contributed by atoms with Gasteiger partial charge in [0.15, 0.2) is 5.96 Å². The highest BCUT2D eigenvalue weighted by molar-refractivity contribution is 7.88. The Labute approximate surface area is 183 Å². The summed E-state index contributed by atoms with van der Waals surface area (Å²) in [5.41, 5.74) is 3.77. The van der Waals surface area contributed by atoms with Gasteiger partial charge in [-0.15, -0.1) is 0 Å². The molecule has 0 saturated heterocycles. The first-order valence-electron chi connectivity index (χ1n) is 9.90. The van der Waals surface area contributed by atoms with Crippen LogP contribution in [0.25, 0.3) is 11.3 Å². The number of aromatic nitrogens is 2. The molecule has 1 heterocycles. The molecule has 164 valence electrons. The predicted octanol–water partition coefficient (Wildman–Crippen LogP) is 2.33. The van der Waals surface area contributed by atoms with E-state index in [1.54, 1.807) is 13.1 Å². The number of guanidine groups is 1. The van der Waals surface area contributed by atoms with Crippen molar-refractivity contribution in [3.05, 3.63) is 77.7 Å². The Kier molecular flexibility index (Phi) is 7.43. The summed E-state index contributed by atoms with van der Waals surface area (Å²) in [7, 11) is 1.78. The Bertz CT molecular complexity index is 1130. The zero-order chi connectivity index (χ0) is 22.3. The van der Waals surface area contributed by atoms with E-state index in [0.29, 0.717) is 19.0 Å². The first-order valence-corrected chi connectivity index (χ1v) is 11.6. The number of aliphatic imine (C=N–C) groups is 1. The summed E-state index contributed by atoms with van der Waals surface area (Å²) >= 11 is 0. The van der Waals surface area contributed by atoms with Gasteiger partial charge in [0.2, 0.25) is 10.0 Å². The quantitative estimate of drug-likeness (QED) is 0.369. The fourth-order valence-electron chi connectivity index (χ4n) is 3.19. The smallest absolute Gasteiger partial charge is 0.215 e. The van der Waals surface area contributed by atoms with Crippen LogP contribution in [0.1, 0.15) is 17.0 Å². The van der Waals surface area contributed by atoms with E-state index in [-0.39, 0.29) is 5.75 Å². The molecule has 0 radical (unpaired) electrons. The van der Waals surface area contributed by atoms with Crippen LogP contribution in [-0.4, -0.2) is 50.4 Å². The van der Waals surface area contributed by atoms with Crippen molar-refractivity contribution >= 4 is 16.0 Å². The van der Waals surface area contributed by atoms with Crippen LogP contribution < -0.4 is 10.0 Å². The van der Waals surface area contributed by atoms with Crippen molar-refractivity contribution in [1.82, 2.24) is 24.9 Å². The molecule has 0 spiro atoms. The number of aromatic amines is 1. The van der Waals surface area contributed by atoms with Gasteiger partial charge >= 0.3 is 0 Å². The number of nitrogens with one attached hydrogen (secondary N) is 3. The monoisotopic (exact) mass is 440 g/mol. The number of rotatable bonds is 8. The minimum Gasteiger partial charge on any atom is -0.352 e. The fourth-order valence-corrected chi connectivity index (χ4v) is 3.96. The second kappa shape index (κ2) is 10.2. The number of imidazole rings is 1. The number of H-pyrrole nitrogens is 1. The van der Waals surface area contributed by atoms with Crippen molar-refractivity contribution in [3.63, 3.8) is 0 Å². The van der Waals surface area contributed by atoms with Crippen molar-refractivity contribution < 1.29 is 8.42 Å². The van der Waals surface area contributed by atoms with Crippen molar-refractivity contribution in [1.29, 1.82) is 0 Å². The Balaban J connectivity index is 1.60. The molecule has 0 aliphatic rings. The molecule has 0 aliphatic heterocycles. The molecule has 0 aliphatic carbocycles. The van der Waals surface area contributed by atoms with Crippen molar-refractivity contribution in [2.24, 2.45) is 4.99 Å². The van der Waals surface area contributed by atoms with E-state index in [1.807, 2.05) is 66.7 Å². The molecule has 3 rings (SSSR count). The summed E-state index contributed by atoms with van der Waals surface area (Å²) < 4.78 is 25.9. The molecule has 2 aromatic carbocycles. The second-order valence-corrected chi connectivity index (χ2v) is 9.08. The highest BCUT2D eigenvalue weighted by Crippen LogP contribution is 2.16. The summed E-state index contributed by atoms with van der Waals surface area (Å²) in [5, 5.41) is 3.32. The zero-order valence-electron chi connectivity index (χ0n) is 18.0. The Morgan fingerprint density at radius 1 is 1.13 bits per heavy atom. The largest absolute Gasteiger partial charge is 0.352 e. The van der Waals surface area contributed by atoms with Gasteiger partial charge in [0.1, 0.15) is 5.82 Å². The van der Waals surface area contributed by atoms with E-state index in [2.05, 4.69) is 25.0 Å². The van der Waals surface area contributed by atoms with Gasteiger partial charge in [-0.05, 0) is 23.7 Å². The summed E-state index contributed by atoms with van der Waals surface area (Å²) in [6.07, 6.45) is 1.83. The number of hydrogen-bond donors (Lipinski definition) is 3. The van der Waals surface area contributed by atoms with E-state index >= 15 is 0 Å². The molecule has 0 saturated carbocycles. The van der Waals surface area contributed by atoms with Crippen LogP contribution in [0.2, 0.25) is 0 Å². The lowest BCUT2D eigenvalue weighted by Gasteiger charge is -2.21. The molecule has 3 N–H and O–H groups in total. The van der Waals surface area contributed by atoms with Crippen LogP contribution >= 0.6 is 0 Å². The van der Waals surface area contributed by atoms with Gasteiger partial charge in [0.05, 0.1) is 24.2 Å². The fraction of sp³-hybridized carbons (Fsp3) is 0.273. The van der Waals surface area contributed by atoms with Gasteiger partial charge < -0.3 is 15.2 Å². The second-order valence-electron chi connectivity index (χ2n) is 7.15. The van der Waals surface area contributed by atoms with Crippen molar-refractivity contribution in [2.45, 2.75) is 18.8 Å². The van der Waals surface area contributed by atoms with Crippen molar-refractivity contribution in [3.8, 4) is 11.3 Å². The first kappa shape index (κ1) is 22.5. The van der Waals surface area contributed by atoms with Crippen LogP contribution in [0.3, 0.4) is 0 Å². The van der Waals surface area contributed by atoms with Crippen LogP contribution in [0.4, 0.5) is 0 Å². The summed E-state index contributed by atoms with van der Waals surface area (Å²) in [4.78, 5) is 14.1. The average Bonchev–Trinajstić information content (AvgIpc) is 3.23. The van der Waals surface area contributed by atoms with Gasteiger partial charge in [0.25, 0.3) is 0 Å². The molecule has 1 aromatic heterocycles. The lowest BCUT2D eigenvalue weighted by molar-refractivity contribution is 0.464. The summed E-state index contributed by atoms with van der Waals surface area (Å²) in [6.45, 7) is 1.09.